The minimum atomic E-state index is 0.373. The summed E-state index contributed by atoms with van der Waals surface area (Å²) in [6, 6.07) is 0. The van der Waals surface area contributed by atoms with Gasteiger partial charge in [-0.2, -0.15) is 0 Å². The SMILES string of the molecule is NC12CPCC1C2. The average Bonchev–Trinajstić information content (AvgIpc) is 2.09. The lowest BCUT2D eigenvalue weighted by molar-refractivity contribution is 0.726. The lowest BCUT2D eigenvalue weighted by Gasteiger charge is -1.97. The smallest absolute Gasteiger partial charge is 0.0227 e. The molecule has 0 spiro atoms. The van der Waals surface area contributed by atoms with Crippen LogP contribution in [0, 0.1) is 5.92 Å². The van der Waals surface area contributed by atoms with Crippen molar-refractivity contribution < 1.29 is 0 Å². The third kappa shape index (κ3) is 0.458. The second-order valence-corrected chi connectivity index (χ2v) is 4.03. The van der Waals surface area contributed by atoms with Gasteiger partial charge in [-0.3, -0.25) is 0 Å². The minimum absolute atomic E-state index is 0.373. The van der Waals surface area contributed by atoms with Gasteiger partial charge in [-0.25, -0.2) is 0 Å². The largest absolute Gasteiger partial charge is 0.325 e. The van der Waals surface area contributed by atoms with Crippen LogP contribution >= 0.6 is 8.58 Å². The Morgan fingerprint density at radius 1 is 1.71 bits per heavy atom. The van der Waals surface area contributed by atoms with Crippen molar-refractivity contribution in [2.24, 2.45) is 11.7 Å². The zero-order valence-corrected chi connectivity index (χ0v) is 5.28. The summed E-state index contributed by atoms with van der Waals surface area (Å²) in [6.07, 6.45) is 4.11. The first-order valence-corrected chi connectivity index (χ1v) is 4.22. The molecule has 0 amide bonds. The molecule has 0 bridgehead atoms. The van der Waals surface area contributed by atoms with Crippen molar-refractivity contribution in [3.8, 4) is 0 Å². The van der Waals surface area contributed by atoms with Gasteiger partial charge in [0.05, 0.1) is 0 Å². The molecule has 2 N–H and O–H groups in total. The molecule has 1 heterocycles. The number of fused-ring (bicyclic) bond motifs is 1. The Bertz CT molecular complexity index is 102. The van der Waals surface area contributed by atoms with Crippen LogP contribution < -0.4 is 5.73 Å². The van der Waals surface area contributed by atoms with E-state index < -0.39 is 0 Å². The van der Waals surface area contributed by atoms with Gasteiger partial charge in [-0.1, -0.05) is 0 Å². The van der Waals surface area contributed by atoms with E-state index in [-0.39, 0.29) is 0 Å². The third-order valence-corrected chi connectivity index (χ3v) is 3.81. The first-order chi connectivity index (χ1) is 3.31. The van der Waals surface area contributed by atoms with E-state index >= 15 is 0 Å². The highest BCUT2D eigenvalue weighted by atomic mass is 31.1. The van der Waals surface area contributed by atoms with Crippen molar-refractivity contribution in [1.29, 1.82) is 0 Å². The first kappa shape index (κ1) is 4.29. The molecule has 2 aliphatic rings. The molecule has 7 heavy (non-hydrogen) atoms. The van der Waals surface area contributed by atoms with Gasteiger partial charge in [0.2, 0.25) is 0 Å². The highest BCUT2D eigenvalue weighted by Gasteiger charge is 2.53. The maximum Gasteiger partial charge on any atom is 0.0227 e. The Morgan fingerprint density at radius 3 is 2.71 bits per heavy atom. The Hall–Kier alpha value is 0.390. The maximum atomic E-state index is 5.86. The molecule has 1 nitrogen and oxygen atoms in total. The van der Waals surface area contributed by atoms with Crippen molar-refractivity contribution in [2.75, 3.05) is 12.3 Å². The summed E-state index contributed by atoms with van der Waals surface area (Å²) in [5, 5.41) is 0. The van der Waals surface area contributed by atoms with Gasteiger partial charge >= 0.3 is 0 Å². The maximum absolute atomic E-state index is 5.86. The van der Waals surface area contributed by atoms with Crippen LogP contribution in [0.1, 0.15) is 6.42 Å². The van der Waals surface area contributed by atoms with E-state index in [1.165, 1.54) is 27.3 Å². The summed E-state index contributed by atoms with van der Waals surface area (Å²) >= 11 is 0. The van der Waals surface area contributed by atoms with Crippen LogP contribution in [-0.4, -0.2) is 17.9 Å². The van der Waals surface area contributed by atoms with E-state index in [1.54, 1.807) is 0 Å². The third-order valence-electron chi connectivity index (χ3n) is 2.12. The van der Waals surface area contributed by atoms with Crippen LogP contribution in [0.4, 0.5) is 0 Å². The van der Waals surface area contributed by atoms with E-state index in [1.807, 2.05) is 0 Å². The molecule has 2 rings (SSSR count). The molecule has 1 saturated carbocycles. The fraction of sp³-hybridized carbons (Fsp3) is 1.00. The van der Waals surface area contributed by atoms with Gasteiger partial charge in [-0.15, -0.1) is 8.58 Å². The van der Waals surface area contributed by atoms with Crippen molar-refractivity contribution in [1.82, 2.24) is 0 Å². The lowest BCUT2D eigenvalue weighted by Crippen LogP contribution is -2.23. The molecule has 3 atom stereocenters. The van der Waals surface area contributed by atoms with Crippen molar-refractivity contribution >= 4 is 8.58 Å². The molecule has 0 aromatic heterocycles. The van der Waals surface area contributed by atoms with Gasteiger partial charge in [-0.05, 0) is 24.7 Å². The minimum Gasteiger partial charge on any atom is -0.325 e. The number of rotatable bonds is 0. The van der Waals surface area contributed by atoms with Crippen LogP contribution in [0.5, 0.6) is 0 Å². The van der Waals surface area contributed by atoms with Crippen molar-refractivity contribution in [3.63, 3.8) is 0 Å². The van der Waals surface area contributed by atoms with Crippen LogP contribution in [0.3, 0.4) is 0 Å². The summed E-state index contributed by atoms with van der Waals surface area (Å²) < 4.78 is 0. The summed E-state index contributed by atoms with van der Waals surface area (Å²) in [5.41, 5.74) is 6.23. The molecule has 0 radical (unpaired) electrons. The second kappa shape index (κ2) is 1.04. The summed E-state index contributed by atoms with van der Waals surface area (Å²) in [5.74, 6) is 0.950. The molecule has 40 valence electrons. The highest BCUT2D eigenvalue weighted by Crippen LogP contribution is 2.53. The fourth-order valence-corrected chi connectivity index (χ4v) is 3.31. The van der Waals surface area contributed by atoms with Crippen LogP contribution in [0.15, 0.2) is 0 Å². The van der Waals surface area contributed by atoms with E-state index in [2.05, 4.69) is 0 Å². The van der Waals surface area contributed by atoms with E-state index in [9.17, 15) is 0 Å². The molecule has 2 heteroatoms. The molecule has 0 aromatic carbocycles. The lowest BCUT2D eigenvalue weighted by atomic mass is 10.3. The first-order valence-electron chi connectivity index (χ1n) is 2.81. The van der Waals surface area contributed by atoms with Crippen LogP contribution in [-0.2, 0) is 0 Å². The quantitative estimate of drug-likeness (QED) is 0.454. The van der Waals surface area contributed by atoms with E-state index in [0.717, 1.165) is 5.92 Å². The molecule has 1 aliphatic carbocycles. The Balaban J connectivity index is 2.17. The monoisotopic (exact) mass is 115 g/mol. The van der Waals surface area contributed by atoms with E-state index in [0.29, 0.717) is 5.54 Å². The Labute approximate surface area is 45.4 Å². The summed E-state index contributed by atoms with van der Waals surface area (Å²) in [6.45, 7) is 0. The molecule has 3 unspecified atom stereocenters. The van der Waals surface area contributed by atoms with Gasteiger partial charge in [0.25, 0.3) is 0 Å². The van der Waals surface area contributed by atoms with Crippen LogP contribution in [0.2, 0.25) is 0 Å². The molecule has 1 saturated heterocycles. The number of hydrogen-bond donors (Lipinski definition) is 1. The van der Waals surface area contributed by atoms with E-state index in [4.69, 9.17) is 5.73 Å². The molecular formula is C5H10NP. The second-order valence-electron chi connectivity index (χ2n) is 2.77. The predicted octanol–water partition coefficient (Wildman–Crippen LogP) is 0.396. The highest BCUT2D eigenvalue weighted by molar-refractivity contribution is 7.38. The Kier molecular flexibility index (Phi) is 0.634. The van der Waals surface area contributed by atoms with Gasteiger partial charge < -0.3 is 5.73 Å². The predicted molar refractivity (Wildman–Crippen MR) is 33.1 cm³/mol. The molecule has 0 aromatic rings. The summed E-state index contributed by atoms with van der Waals surface area (Å²) in [4.78, 5) is 0. The normalized spacial score (nSPS) is 60.4. The summed E-state index contributed by atoms with van der Waals surface area (Å²) in [7, 11) is 1.18. The zero-order valence-electron chi connectivity index (χ0n) is 4.28. The molecular weight excluding hydrogens is 105 g/mol. The molecule has 1 aliphatic heterocycles. The Morgan fingerprint density at radius 2 is 2.57 bits per heavy atom. The fourth-order valence-electron chi connectivity index (χ4n) is 1.37. The van der Waals surface area contributed by atoms with Crippen molar-refractivity contribution in [2.45, 2.75) is 12.0 Å². The molecule has 2 fully saturated rings. The van der Waals surface area contributed by atoms with Gasteiger partial charge in [0.1, 0.15) is 0 Å². The van der Waals surface area contributed by atoms with Crippen molar-refractivity contribution in [3.05, 3.63) is 0 Å². The number of nitrogens with two attached hydrogens (primary N) is 1. The average molecular weight is 115 g/mol. The van der Waals surface area contributed by atoms with Crippen LogP contribution in [0.25, 0.3) is 0 Å². The van der Waals surface area contributed by atoms with Gasteiger partial charge in [0.15, 0.2) is 0 Å². The van der Waals surface area contributed by atoms with Gasteiger partial charge in [0, 0.05) is 5.54 Å². The number of hydrogen-bond acceptors (Lipinski definition) is 1. The standard InChI is InChI=1S/C5H10NP/c6-5-1-4(5)2-7-3-5/h4,7H,1-3,6H2. The topological polar surface area (TPSA) is 26.0 Å². The zero-order chi connectivity index (χ0) is 4.91.